The summed E-state index contributed by atoms with van der Waals surface area (Å²) >= 11 is 3.38. The molecule has 0 aliphatic carbocycles. The van der Waals surface area contributed by atoms with Gasteiger partial charge in [0.1, 0.15) is 36.7 Å². The molecule has 1 heterocycles. The highest BCUT2D eigenvalue weighted by Gasteiger charge is 2.38. The third kappa shape index (κ3) is 5.83. The minimum absolute atomic E-state index is 0.127. The number of anilines is 1. The van der Waals surface area contributed by atoms with E-state index in [-0.39, 0.29) is 6.61 Å². The molecule has 9 nitrogen and oxygen atoms in total. The minimum Gasteiger partial charge on any atom is -0.489 e. The first-order chi connectivity index (χ1) is 16.2. The summed E-state index contributed by atoms with van der Waals surface area (Å²) in [7, 11) is 2.74. The molecule has 3 rings (SSSR count). The zero-order chi connectivity index (χ0) is 24.8. The van der Waals surface area contributed by atoms with Crippen LogP contribution in [0.4, 0.5) is 5.69 Å². The molecule has 5 atom stereocenters. The van der Waals surface area contributed by atoms with Gasteiger partial charge in [-0.05, 0) is 23.8 Å². The summed E-state index contributed by atoms with van der Waals surface area (Å²) in [6.45, 7) is -0.127. The summed E-state index contributed by atoms with van der Waals surface area (Å²) in [6, 6.07) is 13.2. The van der Waals surface area contributed by atoms with Crippen LogP contribution >= 0.6 is 15.9 Å². The number of hydrogen-bond donors (Lipinski definition) is 4. The number of amides is 2. The lowest BCUT2D eigenvalue weighted by atomic mass is 10.0. The van der Waals surface area contributed by atoms with Crippen molar-refractivity contribution < 1.29 is 34.4 Å². The fourth-order valence-electron chi connectivity index (χ4n) is 3.52. The van der Waals surface area contributed by atoms with Crippen LogP contribution in [0, 0.1) is 0 Å². The van der Waals surface area contributed by atoms with Crippen LogP contribution in [-0.2, 0) is 14.3 Å². The molecule has 0 aromatic heterocycles. The average Bonchev–Trinajstić information content (AvgIpc) is 2.95. The van der Waals surface area contributed by atoms with E-state index in [0.29, 0.717) is 11.4 Å². The topological polar surface area (TPSA) is 129 Å². The smallest absolute Gasteiger partial charge is 0.252 e. The van der Waals surface area contributed by atoms with Crippen LogP contribution in [0.15, 0.2) is 59.1 Å². The van der Waals surface area contributed by atoms with E-state index in [0.717, 1.165) is 10.0 Å². The van der Waals surface area contributed by atoms with Crippen molar-refractivity contribution in [2.45, 2.75) is 30.5 Å². The van der Waals surface area contributed by atoms with Gasteiger partial charge in [0.15, 0.2) is 6.10 Å². The number of fused-ring (bicyclic) bond motifs is 1. The predicted octanol–water partition coefficient (Wildman–Crippen LogP) is 1.10. The van der Waals surface area contributed by atoms with Gasteiger partial charge >= 0.3 is 0 Å². The number of hydrogen-bond acceptors (Lipinski definition) is 7. The Morgan fingerprint density at radius 1 is 1.18 bits per heavy atom. The molecule has 182 valence electrons. The second-order valence-electron chi connectivity index (χ2n) is 7.75. The van der Waals surface area contributed by atoms with Gasteiger partial charge in [0.2, 0.25) is 0 Å². The van der Waals surface area contributed by atoms with Crippen LogP contribution in [-0.4, -0.2) is 78.4 Å². The third-order valence-electron chi connectivity index (χ3n) is 5.48. The molecule has 0 saturated heterocycles. The van der Waals surface area contributed by atoms with Crippen LogP contribution in [0.25, 0.3) is 6.08 Å². The van der Waals surface area contributed by atoms with E-state index in [1.54, 1.807) is 43.5 Å². The fraction of sp³-hybridized carbons (Fsp3) is 0.333. The van der Waals surface area contributed by atoms with Crippen LogP contribution in [0.3, 0.4) is 0 Å². The summed E-state index contributed by atoms with van der Waals surface area (Å²) < 4.78 is 11.5. The Balaban J connectivity index is 1.66. The van der Waals surface area contributed by atoms with Crippen LogP contribution in [0.2, 0.25) is 0 Å². The summed E-state index contributed by atoms with van der Waals surface area (Å²) in [5.74, 6) is -0.759. The van der Waals surface area contributed by atoms with Crippen molar-refractivity contribution >= 4 is 39.5 Å². The first-order valence-electron chi connectivity index (χ1n) is 10.5. The lowest BCUT2D eigenvalue weighted by Gasteiger charge is -2.28. The Morgan fingerprint density at radius 2 is 1.85 bits per heavy atom. The molecule has 0 radical (unpaired) electrons. The van der Waals surface area contributed by atoms with E-state index in [1.165, 1.54) is 18.1 Å². The van der Waals surface area contributed by atoms with Gasteiger partial charge in [-0.15, -0.1) is 0 Å². The van der Waals surface area contributed by atoms with Gasteiger partial charge < -0.3 is 35.0 Å². The molecule has 1 aliphatic heterocycles. The Hall–Kier alpha value is -2.76. The van der Waals surface area contributed by atoms with Gasteiger partial charge in [0.25, 0.3) is 11.8 Å². The summed E-state index contributed by atoms with van der Waals surface area (Å²) in [4.78, 5) is 27.0. The van der Waals surface area contributed by atoms with E-state index >= 15 is 0 Å². The van der Waals surface area contributed by atoms with Gasteiger partial charge in [0, 0.05) is 18.6 Å². The molecule has 2 amide bonds. The molecule has 0 saturated carbocycles. The third-order valence-corrected chi connectivity index (χ3v) is 6.20. The van der Waals surface area contributed by atoms with Crippen LogP contribution in [0.1, 0.15) is 5.56 Å². The summed E-state index contributed by atoms with van der Waals surface area (Å²) in [5.41, 5.74) is 1.31. The number of methoxy groups -OCH3 is 1. The van der Waals surface area contributed by atoms with Gasteiger partial charge in [0.05, 0.1) is 5.69 Å². The zero-order valence-electron chi connectivity index (χ0n) is 18.7. The molecule has 34 heavy (non-hydrogen) atoms. The number of likely N-dealkylation sites (N-methyl/N-ethyl adjacent to an activating group) is 1. The largest absolute Gasteiger partial charge is 0.489 e. The molecule has 0 bridgehead atoms. The number of benzene rings is 2. The molecule has 10 heteroatoms. The van der Waals surface area contributed by atoms with Gasteiger partial charge in [-0.3, -0.25) is 9.59 Å². The molecule has 1 aliphatic rings. The van der Waals surface area contributed by atoms with E-state index in [4.69, 9.17) is 9.47 Å². The zero-order valence-corrected chi connectivity index (χ0v) is 20.3. The Bertz CT molecular complexity index is 1050. The van der Waals surface area contributed by atoms with Crippen molar-refractivity contribution in [3.63, 3.8) is 0 Å². The average molecular weight is 535 g/mol. The number of aliphatic hydroxyl groups is 3. The maximum Gasteiger partial charge on any atom is 0.252 e. The van der Waals surface area contributed by atoms with Gasteiger partial charge in [-0.1, -0.05) is 58.4 Å². The number of carbonyl (C=O) groups excluding carboxylic acids is 2. The second kappa shape index (κ2) is 11.6. The molecule has 2 aromatic rings. The maximum atomic E-state index is 12.8. The highest BCUT2D eigenvalue weighted by molar-refractivity contribution is 9.10. The molecule has 2 unspecified atom stereocenters. The quantitative estimate of drug-likeness (QED) is 0.399. The lowest BCUT2D eigenvalue weighted by Crippen LogP contribution is -2.56. The number of nitrogens with zero attached hydrogens (tertiary/aromatic N) is 1. The number of halogens is 1. The SMILES string of the molecule is COC(C(=O)NC1COc2ccccc2N(C)C1=O)[C@H](O)[C@@H](O)[C@H](O)/C=C/c1ccccc1Br. The van der Waals surface area contributed by atoms with Gasteiger partial charge in [-0.2, -0.15) is 0 Å². The molecular formula is C24H27BrN2O7. The van der Waals surface area contributed by atoms with E-state index in [9.17, 15) is 24.9 Å². The number of rotatable bonds is 8. The maximum absolute atomic E-state index is 12.8. The summed E-state index contributed by atoms with van der Waals surface area (Å²) in [6.07, 6.45) is -3.68. The number of ether oxygens (including phenoxy) is 2. The van der Waals surface area contributed by atoms with Crippen molar-refractivity contribution in [3.05, 3.63) is 64.6 Å². The summed E-state index contributed by atoms with van der Waals surface area (Å²) in [5, 5.41) is 33.8. The lowest BCUT2D eigenvalue weighted by molar-refractivity contribution is -0.150. The van der Waals surface area contributed by atoms with Crippen LogP contribution < -0.4 is 15.0 Å². The molecule has 0 fully saturated rings. The highest BCUT2D eigenvalue weighted by atomic mass is 79.9. The van der Waals surface area contributed by atoms with E-state index < -0.39 is 42.3 Å². The number of nitrogens with one attached hydrogen (secondary N) is 1. The van der Waals surface area contributed by atoms with Crippen molar-refractivity contribution in [2.75, 3.05) is 25.7 Å². The predicted molar refractivity (Wildman–Crippen MR) is 129 cm³/mol. The van der Waals surface area contributed by atoms with Crippen molar-refractivity contribution in [3.8, 4) is 5.75 Å². The van der Waals surface area contributed by atoms with E-state index in [2.05, 4.69) is 21.2 Å². The van der Waals surface area contributed by atoms with Crippen LogP contribution in [0.5, 0.6) is 5.75 Å². The number of carbonyl (C=O) groups is 2. The fourth-order valence-corrected chi connectivity index (χ4v) is 3.94. The monoisotopic (exact) mass is 534 g/mol. The minimum atomic E-state index is -1.78. The number of para-hydroxylation sites is 2. The normalized spacial score (nSPS) is 19.5. The number of aliphatic hydroxyl groups excluding tert-OH is 3. The highest BCUT2D eigenvalue weighted by Crippen LogP contribution is 2.30. The standard InChI is InChI=1S/C24H27BrN2O7/c1-27-17-9-5-6-10-19(17)34-13-16(24(27)32)26-23(31)22(33-2)21(30)20(29)18(28)12-11-14-7-3-4-8-15(14)25/h3-12,16,18,20-22,28-30H,13H2,1-2H3,(H,26,31)/b12-11+/t16?,18-,20+,21-,22?/m1/s1. The van der Waals surface area contributed by atoms with Crippen molar-refractivity contribution in [2.24, 2.45) is 0 Å². The molecule has 4 N–H and O–H groups in total. The van der Waals surface area contributed by atoms with Gasteiger partial charge in [-0.25, -0.2) is 0 Å². The molecule has 0 spiro atoms. The Kier molecular flexibility index (Phi) is 8.81. The van der Waals surface area contributed by atoms with E-state index in [1.807, 2.05) is 18.2 Å². The molecular weight excluding hydrogens is 508 g/mol. The first-order valence-corrected chi connectivity index (χ1v) is 11.3. The Labute approximate surface area is 205 Å². The van der Waals surface area contributed by atoms with Crippen molar-refractivity contribution in [1.82, 2.24) is 5.32 Å². The second-order valence-corrected chi connectivity index (χ2v) is 8.60. The Morgan fingerprint density at radius 3 is 2.56 bits per heavy atom. The first kappa shape index (κ1) is 25.9. The molecule has 2 aromatic carbocycles. The van der Waals surface area contributed by atoms with Crippen molar-refractivity contribution in [1.29, 1.82) is 0 Å².